The summed E-state index contributed by atoms with van der Waals surface area (Å²) in [6.07, 6.45) is 5.82. The summed E-state index contributed by atoms with van der Waals surface area (Å²) >= 11 is 0. The molecule has 0 spiro atoms. The molecule has 1 saturated carbocycles. The quantitative estimate of drug-likeness (QED) is 0.858. The van der Waals surface area contributed by atoms with Crippen LogP contribution in [0.2, 0.25) is 0 Å². The Balaban J connectivity index is 1.91. The molecule has 0 atom stereocenters. The van der Waals surface area contributed by atoms with Crippen LogP contribution in [-0.2, 0) is 0 Å². The van der Waals surface area contributed by atoms with Crippen molar-refractivity contribution in [2.45, 2.75) is 32.7 Å². The average Bonchev–Trinajstić information content (AvgIpc) is 2.72. The van der Waals surface area contributed by atoms with Crippen molar-refractivity contribution >= 4 is 16.9 Å². The Morgan fingerprint density at radius 2 is 2.12 bits per heavy atom. The van der Waals surface area contributed by atoms with Gasteiger partial charge in [0, 0.05) is 13.1 Å². The van der Waals surface area contributed by atoms with Crippen LogP contribution in [0, 0.1) is 5.41 Å². The van der Waals surface area contributed by atoms with Crippen LogP contribution in [0.25, 0.3) is 11.0 Å². The van der Waals surface area contributed by atoms with Gasteiger partial charge in [0.2, 0.25) is 0 Å². The van der Waals surface area contributed by atoms with Crippen LogP contribution in [0.1, 0.15) is 26.7 Å². The van der Waals surface area contributed by atoms with Crippen molar-refractivity contribution in [3.8, 4) is 0 Å². The molecule has 0 unspecified atom stereocenters. The van der Waals surface area contributed by atoms with E-state index in [-0.39, 0.29) is 0 Å². The van der Waals surface area contributed by atoms with E-state index in [1.54, 1.807) is 12.5 Å². The minimum Gasteiger partial charge on any atom is -0.356 e. The van der Waals surface area contributed by atoms with Crippen molar-refractivity contribution in [1.82, 2.24) is 20.2 Å². The summed E-state index contributed by atoms with van der Waals surface area (Å²) in [6, 6.07) is 0.581. The maximum atomic E-state index is 4.38. The largest absolute Gasteiger partial charge is 0.356 e. The first-order valence-electron chi connectivity index (χ1n) is 5.94. The van der Waals surface area contributed by atoms with Crippen molar-refractivity contribution < 1.29 is 0 Å². The third-order valence-corrected chi connectivity index (χ3v) is 3.69. The van der Waals surface area contributed by atoms with E-state index in [4.69, 9.17) is 0 Å². The third-order valence-electron chi connectivity index (χ3n) is 3.69. The lowest BCUT2D eigenvalue weighted by Gasteiger charge is -2.47. The second kappa shape index (κ2) is 3.42. The number of H-pyrrole nitrogens is 1. The lowest BCUT2D eigenvalue weighted by Crippen LogP contribution is -2.47. The Hall–Kier alpha value is -1.65. The third kappa shape index (κ3) is 1.66. The lowest BCUT2D eigenvalue weighted by atomic mass is 9.68. The highest BCUT2D eigenvalue weighted by molar-refractivity contribution is 5.86. The number of rotatable bonds is 2. The molecule has 0 amide bonds. The fraction of sp³-hybridized carbons (Fsp3) is 0.583. The summed E-state index contributed by atoms with van der Waals surface area (Å²) in [5, 5.41) is 7.90. The summed E-state index contributed by atoms with van der Waals surface area (Å²) in [6.45, 7) is 4.62. The highest BCUT2D eigenvalue weighted by atomic mass is 15.2. The molecule has 0 aliphatic heterocycles. The van der Waals surface area contributed by atoms with E-state index in [0.717, 1.165) is 16.9 Å². The number of nitrogens with one attached hydrogen (secondary N) is 1. The van der Waals surface area contributed by atoms with E-state index < -0.39 is 0 Å². The van der Waals surface area contributed by atoms with E-state index in [2.05, 4.69) is 46.0 Å². The van der Waals surface area contributed by atoms with Crippen LogP contribution in [-0.4, -0.2) is 33.3 Å². The Morgan fingerprint density at radius 1 is 1.35 bits per heavy atom. The summed E-state index contributed by atoms with van der Waals surface area (Å²) < 4.78 is 0. The van der Waals surface area contributed by atoms with Crippen LogP contribution in [0.4, 0.5) is 5.82 Å². The standard InChI is InChI=1S/C12H17N5/c1-12(2)4-8(5-12)17(3)11-9-6-15-16-10(9)13-7-14-11/h6-8H,4-5H2,1-3H3,(H,13,14,15,16). The molecule has 3 rings (SSSR count). The van der Waals surface area contributed by atoms with E-state index in [9.17, 15) is 0 Å². The van der Waals surface area contributed by atoms with Gasteiger partial charge in [-0.15, -0.1) is 0 Å². The number of aromatic amines is 1. The lowest BCUT2D eigenvalue weighted by molar-refractivity contribution is 0.150. The van der Waals surface area contributed by atoms with Gasteiger partial charge in [-0.1, -0.05) is 13.8 Å². The van der Waals surface area contributed by atoms with Gasteiger partial charge >= 0.3 is 0 Å². The molecule has 2 aromatic heterocycles. The Labute approximate surface area is 100 Å². The highest BCUT2D eigenvalue weighted by Gasteiger charge is 2.39. The average molecular weight is 231 g/mol. The zero-order valence-electron chi connectivity index (χ0n) is 10.4. The minimum absolute atomic E-state index is 0.474. The summed E-state index contributed by atoms with van der Waals surface area (Å²) in [5.41, 5.74) is 1.28. The van der Waals surface area contributed by atoms with E-state index in [1.807, 2.05) is 0 Å². The molecular weight excluding hydrogens is 214 g/mol. The number of nitrogens with zero attached hydrogens (tertiary/aromatic N) is 4. The smallest absolute Gasteiger partial charge is 0.160 e. The number of hydrogen-bond acceptors (Lipinski definition) is 4. The van der Waals surface area contributed by atoms with Gasteiger partial charge in [0.15, 0.2) is 5.65 Å². The molecule has 1 N–H and O–H groups in total. The second-order valence-corrected chi connectivity index (χ2v) is 5.67. The monoisotopic (exact) mass is 231 g/mol. The van der Waals surface area contributed by atoms with Gasteiger partial charge in [0.05, 0.1) is 11.6 Å². The molecule has 0 saturated heterocycles. The van der Waals surface area contributed by atoms with Crippen LogP contribution >= 0.6 is 0 Å². The van der Waals surface area contributed by atoms with E-state index in [0.29, 0.717) is 11.5 Å². The van der Waals surface area contributed by atoms with Crippen molar-refractivity contribution in [3.63, 3.8) is 0 Å². The summed E-state index contributed by atoms with van der Waals surface area (Å²) in [5.74, 6) is 0.976. The Bertz CT molecular complexity index is 537. The SMILES string of the molecule is CN(c1ncnc2[nH]ncc12)C1CC(C)(C)C1. The number of anilines is 1. The van der Waals surface area contributed by atoms with Crippen molar-refractivity contribution in [2.24, 2.45) is 5.41 Å². The Kier molecular flexibility index (Phi) is 2.11. The zero-order valence-corrected chi connectivity index (χ0v) is 10.4. The van der Waals surface area contributed by atoms with Crippen LogP contribution in [0.15, 0.2) is 12.5 Å². The zero-order chi connectivity index (χ0) is 12.0. The van der Waals surface area contributed by atoms with E-state index in [1.165, 1.54) is 12.8 Å². The molecular formula is C12H17N5. The normalized spacial score (nSPS) is 19.2. The molecule has 17 heavy (non-hydrogen) atoms. The first-order chi connectivity index (χ1) is 8.07. The molecule has 1 aliphatic carbocycles. The Morgan fingerprint density at radius 3 is 2.82 bits per heavy atom. The van der Waals surface area contributed by atoms with Gasteiger partial charge in [0.1, 0.15) is 12.1 Å². The van der Waals surface area contributed by atoms with Gasteiger partial charge in [-0.3, -0.25) is 5.10 Å². The molecule has 0 bridgehead atoms. The molecule has 0 radical (unpaired) electrons. The topological polar surface area (TPSA) is 57.7 Å². The predicted molar refractivity (Wildman–Crippen MR) is 66.9 cm³/mol. The van der Waals surface area contributed by atoms with Crippen molar-refractivity contribution in [2.75, 3.05) is 11.9 Å². The van der Waals surface area contributed by atoms with E-state index >= 15 is 0 Å². The number of fused-ring (bicyclic) bond motifs is 1. The molecule has 2 heterocycles. The molecule has 1 fully saturated rings. The number of aromatic nitrogens is 4. The van der Waals surface area contributed by atoms with Crippen LogP contribution in [0.5, 0.6) is 0 Å². The summed E-state index contributed by atoms with van der Waals surface area (Å²) in [4.78, 5) is 10.8. The first kappa shape index (κ1) is 10.5. The van der Waals surface area contributed by atoms with Crippen LogP contribution in [0.3, 0.4) is 0 Å². The highest BCUT2D eigenvalue weighted by Crippen LogP contribution is 2.43. The summed E-state index contributed by atoms with van der Waals surface area (Å²) in [7, 11) is 2.11. The van der Waals surface area contributed by atoms with Gasteiger partial charge in [-0.2, -0.15) is 5.10 Å². The van der Waals surface area contributed by atoms with Crippen LogP contribution < -0.4 is 4.90 Å². The molecule has 0 aromatic carbocycles. The molecule has 90 valence electrons. The second-order valence-electron chi connectivity index (χ2n) is 5.67. The van der Waals surface area contributed by atoms with Gasteiger partial charge in [-0.25, -0.2) is 9.97 Å². The number of hydrogen-bond donors (Lipinski definition) is 1. The first-order valence-corrected chi connectivity index (χ1v) is 5.94. The van der Waals surface area contributed by atoms with Crippen molar-refractivity contribution in [3.05, 3.63) is 12.5 Å². The fourth-order valence-electron chi connectivity index (χ4n) is 2.70. The molecule has 2 aromatic rings. The predicted octanol–water partition coefficient (Wildman–Crippen LogP) is 1.98. The minimum atomic E-state index is 0.474. The van der Waals surface area contributed by atoms with Gasteiger partial charge < -0.3 is 4.90 Å². The molecule has 5 nitrogen and oxygen atoms in total. The maximum Gasteiger partial charge on any atom is 0.160 e. The van der Waals surface area contributed by atoms with Gasteiger partial charge in [0.25, 0.3) is 0 Å². The maximum absolute atomic E-state index is 4.38. The molecule has 5 heteroatoms. The fourth-order valence-corrected chi connectivity index (χ4v) is 2.70. The van der Waals surface area contributed by atoms with Gasteiger partial charge in [-0.05, 0) is 18.3 Å². The van der Waals surface area contributed by atoms with Crippen molar-refractivity contribution in [1.29, 1.82) is 0 Å². The molecule has 1 aliphatic rings.